The summed E-state index contributed by atoms with van der Waals surface area (Å²) >= 11 is 5.98. The zero-order valence-corrected chi connectivity index (χ0v) is 21.5. The minimum atomic E-state index is -3.68. The van der Waals surface area contributed by atoms with Gasteiger partial charge in [0.2, 0.25) is 10.0 Å². The number of nitrogens with one attached hydrogen (secondary N) is 2. The number of sulfonamides is 1. The molecule has 188 valence electrons. The number of amides is 1. The van der Waals surface area contributed by atoms with Crippen LogP contribution in [0.15, 0.2) is 36.4 Å². The molecule has 0 saturated carbocycles. The second kappa shape index (κ2) is 13.4. The molecule has 0 radical (unpaired) electrons. The van der Waals surface area contributed by atoms with Crippen molar-refractivity contribution in [1.29, 1.82) is 0 Å². The first-order valence-electron chi connectivity index (χ1n) is 11.9. The van der Waals surface area contributed by atoms with Crippen LogP contribution in [0, 0.1) is 0 Å². The predicted octanol–water partition coefficient (Wildman–Crippen LogP) is 6.54. The van der Waals surface area contributed by atoms with Crippen LogP contribution in [0.1, 0.15) is 82.0 Å². The van der Waals surface area contributed by atoms with Crippen LogP contribution in [0.25, 0.3) is 0 Å². The smallest absolute Gasteiger partial charge is 0.257 e. The van der Waals surface area contributed by atoms with E-state index in [1.54, 1.807) is 19.1 Å². The Hall–Kier alpha value is -2.45. The third-order valence-electron chi connectivity index (χ3n) is 5.78. The number of carbonyl (C=O) groups is 1. The molecule has 0 aliphatic carbocycles. The topological polar surface area (TPSA) is 122 Å². The fraction of sp³-hybridized carbons (Fsp3) is 0.480. The SMILES string of the molecule is CCCCCCCCCCC(C)S(=O)(=O)Nc1ccccc1C(=O)Nc1cc(Cl)c(N)cc1O. The van der Waals surface area contributed by atoms with Gasteiger partial charge in [0.1, 0.15) is 5.75 Å². The third kappa shape index (κ3) is 8.40. The van der Waals surface area contributed by atoms with Crippen molar-refractivity contribution in [3.63, 3.8) is 0 Å². The lowest BCUT2D eigenvalue weighted by Gasteiger charge is -2.17. The molecule has 2 aromatic carbocycles. The fourth-order valence-electron chi connectivity index (χ4n) is 3.61. The van der Waals surface area contributed by atoms with Gasteiger partial charge >= 0.3 is 0 Å². The van der Waals surface area contributed by atoms with E-state index >= 15 is 0 Å². The first-order valence-corrected chi connectivity index (χ1v) is 13.8. The van der Waals surface area contributed by atoms with Crippen LogP contribution in [0.5, 0.6) is 5.75 Å². The van der Waals surface area contributed by atoms with Gasteiger partial charge in [0.25, 0.3) is 5.91 Å². The Labute approximate surface area is 208 Å². The molecule has 0 heterocycles. The van der Waals surface area contributed by atoms with Crippen LogP contribution in [0.4, 0.5) is 17.1 Å². The summed E-state index contributed by atoms with van der Waals surface area (Å²) in [6, 6.07) is 8.89. The lowest BCUT2D eigenvalue weighted by atomic mass is 10.1. The number of aromatic hydroxyl groups is 1. The number of hydrogen-bond acceptors (Lipinski definition) is 5. The van der Waals surface area contributed by atoms with Crippen LogP contribution in [0.2, 0.25) is 5.02 Å². The van der Waals surface area contributed by atoms with Crippen LogP contribution < -0.4 is 15.8 Å². The molecule has 0 bridgehead atoms. The largest absolute Gasteiger partial charge is 0.506 e. The highest BCUT2D eigenvalue weighted by Crippen LogP contribution is 2.32. The average Bonchev–Trinajstić information content (AvgIpc) is 2.79. The molecule has 9 heteroatoms. The molecule has 1 amide bonds. The number of para-hydroxylation sites is 1. The Morgan fingerprint density at radius 3 is 2.32 bits per heavy atom. The summed E-state index contributed by atoms with van der Waals surface area (Å²) in [6.07, 6.45) is 9.72. The normalized spacial score (nSPS) is 12.3. The Kier molecular flexibility index (Phi) is 11.0. The Morgan fingerprint density at radius 2 is 1.65 bits per heavy atom. The predicted molar refractivity (Wildman–Crippen MR) is 141 cm³/mol. The van der Waals surface area contributed by atoms with Gasteiger partial charge in [-0.3, -0.25) is 9.52 Å². The molecule has 5 N–H and O–H groups in total. The number of phenols is 1. The first kappa shape index (κ1) is 27.8. The molecule has 7 nitrogen and oxygen atoms in total. The Bertz CT molecular complexity index is 1060. The number of unbranched alkanes of at least 4 members (excludes halogenated alkanes) is 7. The van der Waals surface area contributed by atoms with E-state index < -0.39 is 21.2 Å². The summed E-state index contributed by atoms with van der Waals surface area (Å²) in [7, 11) is -3.68. The second-order valence-electron chi connectivity index (χ2n) is 8.61. The van der Waals surface area contributed by atoms with Crippen LogP contribution in [-0.2, 0) is 10.0 Å². The van der Waals surface area contributed by atoms with Crippen molar-refractivity contribution in [2.75, 3.05) is 15.8 Å². The molecule has 0 aromatic heterocycles. The molecular weight excluding hydrogens is 474 g/mol. The van der Waals surface area contributed by atoms with Crippen molar-refractivity contribution in [3.05, 3.63) is 47.0 Å². The number of phenolic OH excluding ortho intramolecular Hbond substituents is 1. The summed E-state index contributed by atoms with van der Waals surface area (Å²) in [5.74, 6) is -0.836. The van der Waals surface area contributed by atoms with Gasteiger partial charge in [-0.1, -0.05) is 82.0 Å². The van der Waals surface area contributed by atoms with E-state index in [9.17, 15) is 18.3 Å². The lowest BCUT2D eigenvalue weighted by molar-refractivity contribution is 0.102. The van der Waals surface area contributed by atoms with Crippen molar-refractivity contribution in [2.24, 2.45) is 0 Å². The van der Waals surface area contributed by atoms with Gasteiger partial charge in [0.05, 0.1) is 32.9 Å². The van der Waals surface area contributed by atoms with Crippen LogP contribution in [-0.4, -0.2) is 24.7 Å². The van der Waals surface area contributed by atoms with E-state index in [4.69, 9.17) is 17.3 Å². The molecule has 0 saturated heterocycles. The van der Waals surface area contributed by atoms with E-state index in [-0.39, 0.29) is 33.4 Å². The maximum absolute atomic E-state index is 12.9. The average molecular weight is 510 g/mol. The molecule has 1 atom stereocenters. The Morgan fingerprint density at radius 1 is 1.03 bits per heavy atom. The minimum Gasteiger partial charge on any atom is -0.506 e. The molecule has 0 fully saturated rings. The summed E-state index contributed by atoms with van der Waals surface area (Å²) in [5.41, 5.74) is 6.19. The highest BCUT2D eigenvalue weighted by atomic mass is 35.5. The summed E-state index contributed by atoms with van der Waals surface area (Å²) < 4.78 is 28.4. The molecular formula is C25H36ClN3O4S. The minimum absolute atomic E-state index is 0.0740. The van der Waals surface area contributed by atoms with E-state index in [0.717, 1.165) is 19.3 Å². The summed E-state index contributed by atoms with van der Waals surface area (Å²) in [5, 5.41) is 12.2. The number of rotatable bonds is 14. The molecule has 2 aromatic rings. The number of carbonyl (C=O) groups excluding carboxylic acids is 1. The monoisotopic (exact) mass is 509 g/mol. The maximum Gasteiger partial charge on any atom is 0.257 e. The molecule has 34 heavy (non-hydrogen) atoms. The number of benzene rings is 2. The highest BCUT2D eigenvalue weighted by molar-refractivity contribution is 7.93. The van der Waals surface area contributed by atoms with E-state index in [2.05, 4.69) is 17.0 Å². The van der Waals surface area contributed by atoms with Crippen molar-refractivity contribution in [3.8, 4) is 5.75 Å². The van der Waals surface area contributed by atoms with E-state index in [1.807, 2.05) is 0 Å². The number of halogens is 1. The van der Waals surface area contributed by atoms with E-state index in [0.29, 0.717) is 6.42 Å². The Balaban J connectivity index is 1.97. The van der Waals surface area contributed by atoms with Gasteiger partial charge in [0.15, 0.2) is 0 Å². The van der Waals surface area contributed by atoms with Gasteiger partial charge < -0.3 is 16.2 Å². The van der Waals surface area contributed by atoms with E-state index in [1.165, 1.54) is 56.4 Å². The second-order valence-corrected chi connectivity index (χ2v) is 11.1. The van der Waals surface area contributed by atoms with Gasteiger partial charge in [-0.05, 0) is 31.5 Å². The van der Waals surface area contributed by atoms with Crippen molar-refractivity contribution in [1.82, 2.24) is 0 Å². The highest BCUT2D eigenvalue weighted by Gasteiger charge is 2.23. The number of anilines is 3. The number of hydrogen-bond donors (Lipinski definition) is 4. The molecule has 2 rings (SSSR count). The fourth-order valence-corrected chi connectivity index (χ4v) is 4.94. The molecule has 0 aliphatic rings. The standard InChI is InChI=1S/C25H36ClN3O4S/c1-3-4-5-6-7-8-9-10-13-18(2)34(32,33)29-22-15-12-11-14-19(22)25(31)28-23-16-20(26)21(27)17-24(23)30/h11-12,14-18,29-30H,3-10,13,27H2,1-2H3,(H,28,31). The maximum atomic E-state index is 12.9. The van der Waals surface area contributed by atoms with Gasteiger partial charge in [-0.2, -0.15) is 0 Å². The zero-order valence-electron chi connectivity index (χ0n) is 19.9. The van der Waals surface area contributed by atoms with Gasteiger partial charge in [-0.15, -0.1) is 0 Å². The molecule has 0 spiro atoms. The van der Waals surface area contributed by atoms with Gasteiger partial charge in [0, 0.05) is 6.07 Å². The summed E-state index contributed by atoms with van der Waals surface area (Å²) in [6.45, 7) is 3.88. The van der Waals surface area contributed by atoms with Crippen molar-refractivity contribution in [2.45, 2.75) is 76.9 Å². The summed E-state index contributed by atoms with van der Waals surface area (Å²) in [4.78, 5) is 12.8. The molecule has 1 unspecified atom stereocenters. The van der Waals surface area contributed by atoms with Crippen LogP contribution in [0.3, 0.4) is 0 Å². The van der Waals surface area contributed by atoms with Crippen molar-refractivity contribution >= 4 is 44.6 Å². The van der Waals surface area contributed by atoms with Crippen molar-refractivity contribution < 1.29 is 18.3 Å². The lowest BCUT2D eigenvalue weighted by Crippen LogP contribution is -2.26. The van der Waals surface area contributed by atoms with Gasteiger partial charge in [-0.25, -0.2) is 8.42 Å². The number of nitrogens with two attached hydrogens (primary N) is 1. The number of nitrogen functional groups attached to an aromatic ring is 1. The quantitative estimate of drug-likeness (QED) is 0.131. The third-order valence-corrected chi connectivity index (χ3v) is 7.91. The zero-order chi connectivity index (χ0) is 25.1. The molecule has 0 aliphatic heterocycles. The first-order chi connectivity index (χ1) is 16.2. The van der Waals surface area contributed by atoms with Crippen LogP contribution >= 0.6 is 11.6 Å².